The second kappa shape index (κ2) is 2.73. The fourth-order valence-electron chi connectivity index (χ4n) is 2.46. The normalized spacial score (nSPS) is 14.2. The smallest absolute Gasteiger partial charge is 0.0905 e. The van der Waals surface area contributed by atoms with Crippen molar-refractivity contribution in [1.82, 2.24) is 4.40 Å². The molecule has 16 heavy (non-hydrogen) atoms. The average Bonchev–Trinajstić information content (AvgIpc) is 2.85. The summed E-state index contributed by atoms with van der Waals surface area (Å²) in [5, 5.41) is 2.42. The zero-order valence-corrected chi connectivity index (χ0v) is 8.72. The number of para-hydroxylation sites is 1. The van der Waals surface area contributed by atoms with Crippen molar-refractivity contribution in [3.63, 3.8) is 0 Å². The van der Waals surface area contributed by atoms with Crippen molar-refractivity contribution in [2.75, 3.05) is 6.54 Å². The van der Waals surface area contributed by atoms with Crippen molar-refractivity contribution in [2.45, 2.75) is 0 Å². The van der Waals surface area contributed by atoms with Crippen LogP contribution in [0.4, 0.5) is 0 Å². The zero-order chi connectivity index (χ0) is 10.5. The van der Waals surface area contributed by atoms with Crippen molar-refractivity contribution in [3.05, 3.63) is 53.5 Å². The van der Waals surface area contributed by atoms with E-state index in [0.29, 0.717) is 0 Å². The van der Waals surface area contributed by atoms with Gasteiger partial charge in [0.15, 0.2) is 0 Å². The lowest BCUT2D eigenvalue weighted by atomic mass is 10.2. The highest BCUT2D eigenvalue weighted by Crippen LogP contribution is 2.20. The van der Waals surface area contributed by atoms with Gasteiger partial charge in [0.1, 0.15) is 0 Å². The first kappa shape index (κ1) is 8.11. The van der Waals surface area contributed by atoms with Gasteiger partial charge in [0.2, 0.25) is 0 Å². The van der Waals surface area contributed by atoms with Gasteiger partial charge in [-0.15, -0.1) is 0 Å². The Kier molecular flexibility index (Phi) is 1.38. The van der Waals surface area contributed by atoms with E-state index in [0.717, 1.165) is 11.9 Å². The van der Waals surface area contributed by atoms with E-state index in [1.807, 2.05) is 0 Å². The van der Waals surface area contributed by atoms with Crippen molar-refractivity contribution < 1.29 is 0 Å². The summed E-state index contributed by atoms with van der Waals surface area (Å²) >= 11 is 0. The lowest BCUT2D eigenvalue weighted by Gasteiger charge is -1.93. The summed E-state index contributed by atoms with van der Waals surface area (Å²) in [7, 11) is 0. The minimum absolute atomic E-state index is 0.800. The van der Waals surface area contributed by atoms with Crippen LogP contribution in [0.3, 0.4) is 0 Å². The van der Waals surface area contributed by atoms with Gasteiger partial charge in [-0.2, -0.15) is 0 Å². The highest BCUT2D eigenvalue weighted by Gasteiger charge is 2.09. The lowest BCUT2D eigenvalue weighted by Crippen LogP contribution is -2.05. The summed E-state index contributed by atoms with van der Waals surface area (Å²) in [4.78, 5) is 4.57. The van der Waals surface area contributed by atoms with Gasteiger partial charge in [0.05, 0.1) is 22.9 Å². The van der Waals surface area contributed by atoms with Crippen LogP contribution in [0.1, 0.15) is 5.56 Å². The fraction of sp³-hybridized carbons (Fsp3) is 0.0714. The molecule has 0 unspecified atom stereocenters. The number of hydrogen-bond donors (Lipinski definition) is 0. The summed E-state index contributed by atoms with van der Waals surface area (Å²) < 4.78 is 2.24. The molecule has 0 aliphatic carbocycles. The van der Waals surface area contributed by atoms with Gasteiger partial charge >= 0.3 is 0 Å². The molecule has 0 bridgehead atoms. The van der Waals surface area contributed by atoms with Crippen molar-refractivity contribution in [3.8, 4) is 0 Å². The minimum atomic E-state index is 0.800. The summed E-state index contributed by atoms with van der Waals surface area (Å²) in [5.41, 5.74) is 3.71. The Labute approximate surface area is 92.5 Å². The maximum atomic E-state index is 4.57. The van der Waals surface area contributed by atoms with Gasteiger partial charge in [0, 0.05) is 17.1 Å². The van der Waals surface area contributed by atoms with Crippen LogP contribution in [0.5, 0.6) is 0 Å². The molecule has 0 saturated carbocycles. The van der Waals surface area contributed by atoms with E-state index in [2.05, 4.69) is 58.1 Å². The molecule has 0 spiro atoms. The Morgan fingerprint density at radius 2 is 2.06 bits per heavy atom. The molecule has 1 aliphatic rings. The maximum absolute atomic E-state index is 4.57. The molecule has 3 aromatic rings. The van der Waals surface area contributed by atoms with Crippen LogP contribution >= 0.6 is 0 Å². The third-order valence-corrected chi connectivity index (χ3v) is 3.18. The molecule has 1 aliphatic heterocycles. The molecule has 0 fully saturated rings. The van der Waals surface area contributed by atoms with E-state index >= 15 is 0 Å². The lowest BCUT2D eigenvalue weighted by molar-refractivity contribution is 1.15. The topological polar surface area (TPSA) is 16.8 Å². The summed E-state index contributed by atoms with van der Waals surface area (Å²) in [6.07, 6.45) is 6.43. The molecule has 76 valence electrons. The molecule has 0 atom stereocenters. The third kappa shape index (κ3) is 0.890. The quantitative estimate of drug-likeness (QED) is 0.537. The predicted octanol–water partition coefficient (Wildman–Crippen LogP) is 2.46. The van der Waals surface area contributed by atoms with Crippen LogP contribution < -0.4 is 5.36 Å². The molecule has 2 heteroatoms. The number of aromatic nitrogens is 1. The third-order valence-electron chi connectivity index (χ3n) is 3.18. The monoisotopic (exact) mass is 206 g/mol. The first-order valence-corrected chi connectivity index (χ1v) is 5.47. The van der Waals surface area contributed by atoms with E-state index < -0.39 is 0 Å². The standard InChI is InChI=1S/C14H10N2/c1-2-6-12-10(4-1)8-13-14-11(9-16(12)13)5-3-7-15-14/h1-6,8-9H,7H2. The van der Waals surface area contributed by atoms with Crippen molar-refractivity contribution in [2.24, 2.45) is 4.99 Å². The van der Waals surface area contributed by atoms with Crippen LogP contribution in [0.25, 0.3) is 22.5 Å². The first-order chi connectivity index (χ1) is 7.93. The highest BCUT2D eigenvalue weighted by atomic mass is 14.9. The van der Waals surface area contributed by atoms with E-state index in [9.17, 15) is 0 Å². The molecular weight excluding hydrogens is 196 g/mol. The Hall–Kier alpha value is -2.09. The SMILES string of the molecule is C1=Cc2cn3c(cc4ccccc43)c2=NC1. The molecular formula is C14H10N2. The van der Waals surface area contributed by atoms with Gasteiger partial charge in [-0.05, 0) is 12.1 Å². The Morgan fingerprint density at radius 1 is 1.12 bits per heavy atom. The Balaban J connectivity index is 2.30. The van der Waals surface area contributed by atoms with Crippen LogP contribution in [0, 0.1) is 0 Å². The van der Waals surface area contributed by atoms with E-state index in [4.69, 9.17) is 0 Å². The van der Waals surface area contributed by atoms with Gasteiger partial charge in [0.25, 0.3) is 0 Å². The Bertz CT molecular complexity index is 778. The molecule has 2 nitrogen and oxygen atoms in total. The molecule has 2 aromatic heterocycles. The first-order valence-electron chi connectivity index (χ1n) is 5.47. The van der Waals surface area contributed by atoms with Crippen LogP contribution in [0.2, 0.25) is 0 Å². The molecule has 0 N–H and O–H groups in total. The van der Waals surface area contributed by atoms with Gasteiger partial charge < -0.3 is 4.40 Å². The fourth-order valence-corrected chi connectivity index (χ4v) is 2.46. The molecule has 0 amide bonds. The van der Waals surface area contributed by atoms with E-state index in [1.54, 1.807) is 0 Å². The number of fused-ring (bicyclic) bond motifs is 5. The van der Waals surface area contributed by atoms with Gasteiger partial charge in [-0.25, -0.2) is 0 Å². The number of rotatable bonds is 0. The minimum Gasteiger partial charge on any atom is -0.314 e. The number of nitrogens with zero attached hydrogens (tertiary/aromatic N) is 2. The second-order valence-corrected chi connectivity index (χ2v) is 4.13. The summed E-state index contributed by atoms with van der Waals surface area (Å²) in [6.45, 7) is 0.800. The van der Waals surface area contributed by atoms with Crippen LogP contribution in [-0.2, 0) is 0 Å². The van der Waals surface area contributed by atoms with Crippen molar-refractivity contribution in [1.29, 1.82) is 0 Å². The number of hydrogen-bond acceptors (Lipinski definition) is 1. The molecule has 1 aromatic carbocycles. The zero-order valence-electron chi connectivity index (χ0n) is 8.72. The molecule has 0 saturated heterocycles. The van der Waals surface area contributed by atoms with Gasteiger partial charge in [-0.3, -0.25) is 4.99 Å². The largest absolute Gasteiger partial charge is 0.314 e. The number of benzene rings is 1. The maximum Gasteiger partial charge on any atom is 0.0905 e. The second-order valence-electron chi connectivity index (χ2n) is 4.13. The predicted molar refractivity (Wildman–Crippen MR) is 65.6 cm³/mol. The summed E-state index contributed by atoms with van der Waals surface area (Å²) in [5.74, 6) is 0. The van der Waals surface area contributed by atoms with Gasteiger partial charge in [-0.1, -0.05) is 30.4 Å². The van der Waals surface area contributed by atoms with E-state index in [-0.39, 0.29) is 0 Å². The molecule has 0 radical (unpaired) electrons. The molecule has 4 rings (SSSR count). The average molecular weight is 206 g/mol. The molecule has 3 heterocycles. The van der Waals surface area contributed by atoms with E-state index in [1.165, 1.54) is 22.0 Å². The van der Waals surface area contributed by atoms with Crippen LogP contribution in [-0.4, -0.2) is 10.9 Å². The Morgan fingerprint density at radius 3 is 3.06 bits per heavy atom. The van der Waals surface area contributed by atoms with Crippen molar-refractivity contribution >= 4 is 22.5 Å². The van der Waals surface area contributed by atoms with Crippen LogP contribution in [0.15, 0.2) is 47.6 Å². The summed E-state index contributed by atoms with van der Waals surface area (Å²) in [6, 6.07) is 10.7. The highest BCUT2D eigenvalue weighted by molar-refractivity contribution is 5.88.